The maximum absolute atomic E-state index is 11.7. The van der Waals surface area contributed by atoms with Crippen LogP contribution in [0.3, 0.4) is 0 Å². The zero-order valence-electron chi connectivity index (χ0n) is 18.8. The van der Waals surface area contributed by atoms with Crippen LogP contribution >= 0.6 is 0 Å². The maximum atomic E-state index is 11.7. The molecule has 2 rings (SSSR count). The van der Waals surface area contributed by atoms with E-state index in [1.54, 1.807) is 7.11 Å². The molecule has 0 fully saturated rings. The molecule has 1 N–H and O–H groups in total. The molecule has 0 heterocycles. The number of nitrogens with one attached hydrogen (secondary N) is 1. The number of anilines is 1. The van der Waals surface area contributed by atoms with Crippen molar-refractivity contribution in [2.45, 2.75) is 53.6 Å². The SMILES string of the molecule is CCOc1ccc(NC(C)=O)c(CCc2ccc(OC(C)C)c(OC)c2)c1OCC. The van der Waals surface area contributed by atoms with Gasteiger partial charge in [0.25, 0.3) is 0 Å². The summed E-state index contributed by atoms with van der Waals surface area (Å²) < 4.78 is 23.0. The molecule has 2 aromatic carbocycles. The number of carbonyl (C=O) groups is 1. The third-order valence-electron chi connectivity index (χ3n) is 4.38. The highest BCUT2D eigenvalue weighted by atomic mass is 16.5. The van der Waals surface area contributed by atoms with Crippen molar-refractivity contribution in [2.24, 2.45) is 0 Å². The van der Waals surface area contributed by atoms with Gasteiger partial charge in [0.05, 0.1) is 26.4 Å². The summed E-state index contributed by atoms with van der Waals surface area (Å²) >= 11 is 0. The summed E-state index contributed by atoms with van der Waals surface area (Å²) in [6, 6.07) is 9.66. The minimum Gasteiger partial charge on any atom is -0.493 e. The van der Waals surface area contributed by atoms with E-state index in [4.69, 9.17) is 18.9 Å². The van der Waals surface area contributed by atoms with Crippen LogP contribution in [-0.2, 0) is 17.6 Å². The van der Waals surface area contributed by atoms with Crippen molar-refractivity contribution in [2.75, 3.05) is 25.6 Å². The van der Waals surface area contributed by atoms with E-state index in [-0.39, 0.29) is 12.0 Å². The van der Waals surface area contributed by atoms with Crippen molar-refractivity contribution < 1.29 is 23.7 Å². The molecule has 6 heteroatoms. The van der Waals surface area contributed by atoms with E-state index >= 15 is 0 Å². The molecule has 0 aliphatic rings. The molecule has 1 amide bonds. The Kier molecular flexibility index (Phi) is 8.84. The Balaban J connectivity index is 2.35. The molecule has 2 aromatic rings. The smallest absolute Gasteiger partial charge is 0.221 e. The number of methoxy groups -OCH3 is 1. The lowest BCUT2D eigenvalue weighted by molar-refractivity contribution is -0.114. The topological polar surface area (TPSA) is 66.0 Å². The fourth-order valence-electron chi connectivity index (χ4n) is 3.22. The number of hydrogen-bond donors (Lipinski definition) is 1. The average Bonchev–Trinajstić information content (AvgIpc) is 2.69. The molecule has 0 aromatic heterocycles. The van der Waals surface area contributed by atoms with Crippen molar-refractivity contribution in [1.82, 2.24) is 0 Å². The van der Waals surface area contributed by atoms with Gasteiger partial charge in [-0.2, -0.15) is 0 Å². The number of carbonyl (C=O) groups excluding carboxylic acids is 1. The van der Waals surface area contributed by atoms with E-state index in [0.717, 1.165) is 29.0 Å². The van der Waals surface area contributed by atoms with E-state index in [2.05, 4.69) is 5.32 Å². The summed E-state index contributed by atoms with van der Waals surface area (Å²) in [6.45, 7) is 10.4. The third-order valence-corrected chi connectivity index (χ3v) is 4.38. The van der Waals surface area contributed by atoms with Gasteiger partial charge in [-0.25, -0.2) is 0 Å². The van der Waals surface area contributed by atoms with Crippen molar-refractivity contribution in [3.63, 3.8) is 0 Å². The first-order valence-corrected chi connectivity index (χ1v) is 10.4. The third kappa shape index (κ3) is 6.31. The molecule has 0 aliphatic carbocycles. The van der Waals surface area contributed by atoms with Crippen LogP contribution in [-0.4, -0.2) is 32.3 Å². The van der Waals surface area contributed by atoms with Gasteiger partial charge in [-0.15, -0.1) is 0 Å². The monoisotopic (exact) mass is 415 g/mol. The van der Waals surface area contributed by atoms with E-state index in [1.807, 2.05) is 58.0 Å². The highest BCUT2D eigenvalue weighted by Gasteiger charge is 2.17. The van der Waals surface area contributed by atoms with Gasteiger partial charge in [0.1, 0.15) is 0 Å². The summed E-state index contributed by atoms with van der Waals surface area (Å²) in [5, 5.41) is 2.91. The summed E-state index contributed by atoms with van der Waals surface area (Å²) in [6.07, 6.45) is 1.47. The van der Waals surface area contributed by atoms with Crippen LogP contribution < -0.4 is 24.3 Å². The Hall–Kier alpha value is -2.89. The molecule has 0 unspecified atom stereocenters. The lowest BCUT2D eigenvalue weighted by Gasteiger charge is -2.19. The molecule has 164 valence electrons. The Morgan fingerprint density at radius 2 is 1.67 bits per heavy atom. The Labute approximate surface area is 179 Å². The highest BCUT2D eigenvalue weighted by molar-refractivity contribution is 5.90. The molecule has 0 bridgehead atoms. The fourth-order valence-corrected chi connectivity index (χ4v) is 3.22. The van der Waals surface area contributed by atoms with Crippen molar-refractivity contribution in [1.29, 1.82) is 0 Å². The van der Waals surface area contributed by atoms with Gasteiger partial charge in [-0.1, -0.05) is 6.07 Å². The van der Waals surface area contributed by atoms with E-state index in [9.17, 15) is 4.79 Å². The minimum absolute atomic E-state index is 0.0695. The van der Waals surface area contributed by atoms with E-state index < -0.39 is 0 Å². The minimum atomic E-state index is -0.125. The van der Waals surface area contributed by atoms with Crippen LogP contribution in [0.2, 0.25) is 0 Å². The first-order valence-electron chi connectivity index (χ1n) is 10.4. The average molecular weight is 416 g/mol. The van der Waals surface area contributed by atoms with Crippen molar-refractivity contribution >= 4 is 11.6 Å². The van der Waals surface area contributed by atoms with Crippen LogP contribution in [0.5, 0.6) is 23.0 Å². The van der Waals surface area contributed by atoms with Gasteiger partial charge in [0, 0.05) is 18.2 Å². The number of hydrogen-bond acceptors (Lipinski definition) is 5. The highest BCUT2D eigenvalue weighted by Crippen LogP contribution is 2.38. The van der Waals surface area contributed by atoms with Crippen LogP contribution in [0, 0.1) is 0 Å². The molecule has 0 saturated carbocycles. The second-order valence-electron chi connectivity index (χ2n) is 7.12. The van der Waals surface area contributed by atoms with E-state index in [1.165, 1.54) is 6.92 Å². The Morgan fingerprint density at radius 1 is 0.967 bits per heavy atom. The molecular formula is C24H33NO5. The first-order chi connectivity index (χ1) is 14.4. The number of benzene rings is 2. The van der Waals surface area contributed by atoms with Crippen LogP contribution in [0.25, 0.3) is 0 Å². The Bertz CT molecular complexity index is 848. The zero-order chi connectivity index (χ0) is 22.1. The summed E-state index contributed by atoms with van der Waals surface area (Å²) in [5.74, 6) is 2.67. The van der Waals surface area contributed by atoms with E-state index in [0.29, 0.717) is 36.9 Å². The standard InChI is InChI=1S/C24H33NO5/c1-7-28-22-14-12-20(25-17(5)26)19(24(22)29-8-2)11-9-18-10-13-21(30-16(3)4)23(15-18)27-6/h10,12-16H,7-9,11H2,1-6H3,(H,25,26). The second-order valence-corrected chi connectivity index (χ2v) is 7.12. The molecular weight excluding hydrogens is 382 g/mol. The predicted octanol–water partition coefficient (Wildman–Crippen LogP) is 5.02. The second kappa shape index (κ2) is 11.3. The molecule has 30 heavy (non-hydrogen) atoms. The molecule has 0 aliphatic heterocycles. The molecule has 0 saturated heterocycles. The van der Waals surface area contributed by atoms with Gasteiger partial charge in [-0.05, 0) is 70.4 Å². The molecule has 6 nitrogen and oxygen atoms in total. The largest absolute Gasteiger partial charge is 0.493 e. The number of rotatable bonds is 11. The first kappa shape index (κ1) is 23.4. The van der Waals surface area contributed by atoms with Gasteiger partial charge < -0.3 is 24.3 Å². The van der Waals surface area contributed by atoms with Gasteiger partial charge >= 0.3 is 0 Å². The lowest BCUT2D eigenvalue weighted by atomic mass is 10.0. The maximum Gasteiger partial charge on any atom is 0.221 e. The summed E-state index contributed by atoms with van der Waals surface area (Å²) in [7, 11) is 1.64. The Morgan fingerprint density at radius 3 is 2.27 bits per heavy atom. The van der Waals surface area contributed by atoms with Gasteiger partial charge in [0.15, 0.2) is 23.0 Å². The van der Waals surface area contributed by atoms with Crippen LogP contribution in [0.1, 0.15) is 45.7 Å². The van der Waals surface area contributed by atoms with Crippen LogP contribution in [0.4, 0.5) is 5.69 Å². The summed E-state index contributed by atoms with van der Waals surface area (Å²) in [5.41, 5.74) is 2.75. The molecule has 0 spiro atoms. The quantitative estimate of drug-likeness (QED) is 0.558. The molecule has 0 radical (unpaired) electrons. The normalized spacial score (nSPS) is 10.6. The predicted molar refractivity (Wildman–Crippen MR) is 119 cm³/mol. The van der Waals surface area contributed by atoms with Crippen molar-refractivity contribution in [3.05, 3.63) is 41.5 Å². The van der Waals surface area contributed by atoms with Gasteiger partial charge in [-0.3, -0.25) is 4.79 Å². The van der Waals surface area contributed by atoms with Crippen molar-refractivity contribution in [3.8, 4) is 23.0 Å². The lowest BCUT2D eigenvalue weighted by Crippen LogP contribution is -2.11. The number of ether oxygens (including phenoxy) is 4. The fraction of sp³-hybridized carbons (Fsp3) is 0.458. The number of aryl methyl sites for hydroxylation is 1. The zero-order valence-corrected chi connectivity index (χ0v) is 18.8. The number of amides is 1. The van der Waals surface area contributed by atoms with Gasteiger partial charge in [0.2, 0.25) is 5.91 Å². The summed E-state index contributed by atoms with van der Waals surface area (Å²) in [4.78, 5) is 11.7. The molecule has 0 atom stereocenters. The van der Waals surface area contributed by atoms with Crippen LogP contribution in [0.15, 0.2) is 30.3 Å².